The average molecular weight is 384 g/mol. The number of furan rings is 1. The number of thioether (sulfide) groups is 1. The number of fused-ring (bicyclic) bond motifs is 1. The zero-order chi connectivity index (χ0) is 19.0. The second-order valence-electron chi connectivity index (χ2n) is 5.82. The molecule has 0 bridgehead atoms. The first-order chi connectivity index (χ1) is 13.0. The van der Waals surface area contributed by atoms with E-state index in [9.17, 15) is 19.7 Å². The number of esters is 1. The van der Waals surface area contributed by atoms with Gasteiger partial charge in [0.05, 0.1) is 23.0 Å². The molecule has 1 amide bonds. The number of ether oxygens (including phenoxy) is 1. The monoisotopic (exact) mass is 384 g/mol. The molecular formula is C18H12N2O6S. The van der Waals surface area contributed by atoms with Gasteiger partial charge in [0.25, 0.3) is 11.6 Å². The maximum atomic E-state index is 12.4. The number of rotatable bonds is 5. The highest BCUT2D eigenvalue weighted by atomic mass is 32.2. The maximum absolute atomic E-state index is 12.4. The molecule has 8 nitrogen and oxygen atoms in total. The first kappa shape index (κ1) is 17.1. The van der Waals surface area contributed by atoms with E-state index in [1.807, 2.05) is 0 Å². The molecule has 1 unspecified atom stereocenters. The van der Waals surface area contributed by atoms with Gasteiger partial charge in [-0.2, -0.15) is 0 Å². The van der Waals surface area contributed by atoms with Crippen LogP contribution in [0.2, 0.25) is 0 Å². The molecule has 1 fully saturated rings. The Bertz CT molecular complexity index is 978. The molecule has 27 heavy (non-hydrogen) atoms. The largest absolute Gasteiger partial charge is 0.472 e. The zero-order valence-corrected chi connectivity index (χ0v) is 14.5. The van der Waals surface area contributed by atoms with E-state index in [4.69, 9.17) is 9.15 Å². The van der Waals surface area contributed by atoms with E-state index in [1.54, 1.807) is 17.6 Å². The Morgan fingerprint density at radius 2 is 2.11 bits per heavy atom. The number of nitro groups is 1. The fourth-order valence-corrected chi connectivity index (χ4v) is 3.85. The third-order valence-corrected chi connectivity index (χ3v) is 5.21. The fourth-order valence-electron chi connectivity index (χ4n) is 2.73. The summed E-state index contributed by atoms with van der Waals surface area (Å²) in [5.74, 6) is -0.858. The Hall–Kier alpha value is -3.33. The summed E-state index contributed by atoms with van der Waals surface area (Å²) in [5.41, 5.74) is 2.16. The summed E-state index contributed by atoms with van der Waals surface area (Å²) in [6.07, 6.45) is 4.79. The van der Waals surface area contributed by atoms with Crippen molar-refractivity contribution in [3.63, 3.8) is 0 Å². The molecule has 0 radical (unpaired) electrons. The number of hydrogen-bond acceptors (Lipinski definition) is 7. The predicted octanol–water partition coefficient (Wildman–Crippen LogP) is 3.07. The van der Waals surface area contributed by atoms with Crippen molar-refractivity contribution in [2.24, 2.45) is 0 Å². The van der Waals surface area contributed by atoms with Crippen LogP contribution in [0.1, 0.15) is 11.1 Å². The number of carbonyl (C=O) groups is 2. The molecule has 4 rings (SSSR count). The maximum Gasteiger partial charge on any atom is 0.355 e. The number of nitrogens with zero attached hydrogens (tertiary/aromatic N) is 2. The Labute approximate surface area is 157 Å². The molecule has 1 saturated heterocycles. The van der Waals surface area contributed by atoms with Crippen LogP contribution in [-0.2, 0) is 20.9 Å². The first-order valence-electron chi connectivity index (χ1n) is 7.88. The van der Waals surface area contributed by atoms with E-state index < -0.39 is 10.9 Å². The van der Waals surface area contributed by atoms with Gasteiger partial charge in [-0.05, 0) is 29.8 Å². The number of amides is 1. The van der Waals surface area contributed by atoms with E-state index >= 15 is 0 Å². The van der Waals surface area contributed by atoms with Crippen LogP contribution in [0.3, 0.4) is 0 Å². The minimum absolute atomic E-state index is 0.0362. The van der Waals surface area contributed by atoms with Crippen molar-refractivity contribution in [3.05, 3.63) is 80.8 Å². The minimum Gasteiger partial charge on any atom is -0.472 e. The van der Waals surface area contributed by atoms with Crippen LogP contribution in [-0.4, -0.2) is 27.1 Å². The normalized spacial score (nSPS) is 19.5. The second kappa shape index (κ2) is 6.76. The number of β-lactam (4-membered cyclic amide) rings is 1. The summed E-state index contributed by atoms with van der Waals surface area (Å²) in [6, 6.07) is 7.47. The van der Waals surface area contributed by atoms with Crippen LogP contribution < -0.4 is 0 Å². The van der Waals surface area contributed by atoms with Crippen LogP contribution in [0.15, 0.2) is 64.0 Å². The van der Waals surface area contributed by atoms with Crippen molar-refractivity contribution in [2.45, 2.75) is 12.0 Å². The van der Waals surface area contributed by atoms with Gasteiger partial charge in [-0.25, -0.2) is 4.79 Å². The number of non-ortho nitro benzene ring substituents is 1. The van der Waals surface area contributed by atoms with Gasteiger partial charge in [0.2, 0.25) is 0 Å². The predicted molar refractivity (Wildman–Crippen MR) is 95.9 cm³/mol. The average Bonchev–Trinajstić information content (AvgIpc) is 3.32. The molecule has 0 saturated carbocycles. The van der Waals surface area contributed by atoms with Gasteiger partial charge in [-0.3, -0.25) is 19.8 Å². The van der Waals surface area contributed by atoms with Crippen LogP contribution >= 0.6 is 11.8 Å². The van der Waals surface area contributed by atoms with E-state index in [0.29, 0.717) is 11.1 Å². The molecule has 1 atom stereocenters. The molecular weight excluding hydrogens is 372 g/mol. The summed E-state index contributed by atoms with van der Waals surface area (Å²) in [5, 5.41) is 12.0. The van der Waals surface area contributed by atoms with Crippen LogP contribution in [0.4, 0.5) is 5.69 Å². The van der Waals surface area contributed by atoms with Crippen LogP contribution in [0, 0.1) is 10.1 Å². The lowest BCUT2D eigenvalue weighted by Gasteiger charge is -2.37. The number of nitro benzene ring substituents is 1. The lowest BCUT2D eigenvalue weighted by molar-refractivity contribution is -0.384. The van der Waals surface area contributed by atoms with E-state index in [0.717, 1.165) is 5.56 Å². The quantitative estimate of drug-likeness (QED) is 0.257. The number of carbonyl (C=O) groups excluding carboxylic acids is 2. The first-order valence-corrected chi connectivity index (χ1v) is 8.82. The molecule has 1 aromatic heterocycles. The third-order valence-electron chi connectivity index (χ3n) is 4.13. The highest BCUT2D eigenvalue weighted by Gasteiger charge is 2.49. The molecule has 0 aliphatic carbocycles. The Morgan fingerprint density at radius 3 is 2.78 bits per heavy atom. The number of benzene rings is 1. The SMILES string of the molecule is O=C(OCc1ccc([N+](=O)[O-])cc1)C1=CSC2/C(=C/c3ccoc3)C(=O)N12. The topological polar surface area (TPSA) is 103 Å². The highest BCUT2D eigenvalue weighted by Crippen LogP contribution is 2.45. The van der Waals surface area contributed by atoms with Gasteiger partial charge in [0.15, 0.2) is 0 Å². The van der Waals surface area contributed by atoms with Crippen molar-refractivity contribution in [2.75, 3.05) is 0 Å². The lowest BCUT2D eigenvalue weighted by atomic mass is 10.0. The highest BCUT2D eigenvalue weighted by molar-refractivity contribution is 8.03. The summed E-state index contributed by atoms with van der Waals surface area (Å²) < 4.78 is 10.2. The van der Waals surface area contributed by atoms with Crippen LogP contribution in [0.25, 0.3) is 6.08 Å². The molecule has 2 aliphatic heterocycles. The van der Waals surface area contributed by atoms with Crippen molar-refractivity contribution in [3.8, 4) is 0 Å². The molecule has 2 aliphatic rings. The number of hydrogen-bond donors (Lipinski definition) is 0. The van der Waals surface area contributed by atoms with Crippen molar-refractivity contribution in [1.29, 1.82) is 0 Å². The standard InChI is InChI=1S/C18H12N2O6S/c21-16-14(7-12-5-6-25-8-12)17-19(16)15(10-27-17)18(22)26-9-11-1-3-13(4-2-11)20(23)24/h1-8,10,17H,9H2/b14-7+. The minimum atomic E-state index is -0.612. The molecule has 1 aromatic carbocycles. The van der Waals surface area contributed by atoms with E-state index in [1.165, 1.54) is 53.5 Å². The molecule has 2 aromatic rings. The van der Waals surface area contributed by atoms with E-state index in [2.05, 4.69) is 0 Å². The zero-order valence-electron chi connectivity index (χ0n) is 13.7. The summed E-state index contributed by atoms with van der Waals surface area (Å²) >= 11 is 1.36. The van der Waals surface area contributed by atoms with Gasteiger partial charge in [0.1, 0.15) is 17.7 Å². The van der Waals surface area contributed by atoms with Gasteiger partial charge in [0, 0.05) is 23.1 Å². The van der Waals surface area contributed by atoms with Crippen LogP contribution in [0.5, 0.6) is 0 Å². The molecule has 9 heteroatoms. The molecule has 3 heterocycles. The third kappa shape index (κ3) is 3.13. The smallest absolute Gasteiger partial charge is 0.355 e. The Morgan fingerprint density at radius 1 is 1.33 bits per heavy atom. The molecule has 136 valence electrons. The molecule has 0 spiro atoms. The van der Waals surface area contributed by atoms with Crippen molar-refractivity contribution >= 4 is 35.4 Å². The van der Waals surface area contributed by atoms with Crippen molar-refractivity contribution < 1.29 is 23.7 Å². The van der Waals surface area contributed by atoms with Gasteiger partial charge in [-0.1, -0.05) is 0 Å². The second-order valence-corrected chi connectivity index (χ2v) is 6.78. The Balaban J connectivity index is 1.38. The summed E-state index contributed by atoms with van der Waals surface area (Å²) in [4.78, 5) is 36.2. The summed E-state index contributed by atoms with van der Waals surface area (Å²) in [6.45, 7) is -0.0384. The fraction of sp³-hybridized carbons (Fsp3) is 0.111. The van der Waals surface area contributed by atoms with Gasteiger partial charge < -0.3 is 9.15 Å². The lowest BCUT2D eigenvalue weighted by Crippen LogP contribution is -2.51. The van der Waals surface area contributed by atoms with E-state index in [-0.39, 0.29) is 29.3 Å². The van der Waals surface area contributed by atoms with Crippen molar-refractivity contribution in [1.82, 2.24) is 4.90 Å². The Kier molecular flexibility index (Phi) is 4.28. The summed E-state index contributed by atoms with van der Waals surface area (Å²) in [7, 11) is 0. The molecule has 0 N–H and O–H groups in total. The van der Waals surface area contributed by atoms with Gasteiger partial charge >= 0.3 is 5.97 Å². The van der Waals surface area contributed by atoms with Gasteiger partial charge in [-0.15, -0.1) is 11.8 Å².